The van der Waals surface area contributed by atoms with Crippen molar-refractivity contribution in [3.8, 4) is 0 Å². The summed E-state index contributed by atoms with van der Waals surface area (Å²) < 4.78 is 40.8. The van der Waals surface area contributed by atoms with E-state index in [1.54, 1.807) is 12.2 Å². The largest absolute Gasteiger partial charge is 0.323 e. The number of amides is 1. The number of nitrogens with zero attached hydrogens (tertiary/aromatic N) is 1. The van der Waals surface area contributed by atoms with E-state index in [9.17, 15) is 18.0 Å². The minimum absolute atomic E-state index is 0.0879. The second-order valence-electron chi connectivity index (χ2n) is 7.01. The lowest BCUT2D eigenvalue weighted by molar-refractivity contribution is -0.120. The molecule has 0 radical (unpaired) electrons. The van der Waals surface area contributed by atoms with Crippen LogP contribution in [0.2, 0.25) is 0 Å². The first-order chi connectivity index (χ1) is 14.0. The SMILES string of the molecule is O=C(Nc1cc2c(/C=C/c3ccc(F)c(F)c3)n[nH]c2cc1F)C1CCNCC1. The third kappa shape index (κ3) is 4.17. The summed E-state index contributed by atoms with van der Waals surface area (Å²) in [6.07, 6.45) is 4.61. The van der Waals surface area contributed by atoms with Crippen LogP contribution < -0.4 is 10.6 Å². The van der Waals surface area contributed by atoms with Gasteiger partial charge in [0.15, 0.2) is 11.6 Å². The zero-order valence-electron chi connectivity index (χ0n) is 15.4. The molecule has 1 amide bonds. The van der Waals surface area contributed by atoms with Crippen LogP contribution >= 0.6 is 0 Å². The van der Waals surface area contributed by atoms with E-state index in [1.807, 2.05) is 0 Å². The summed E-state index contributed by atoms with van der Waals surface area (Å²) in [5.74, 6) is -2.77. The average Bonchev–Trinajstić information content (AvgIpc) is 3.11. The first-order valence-electron chi connectivity index (χ1n) is 9.33. The molecule has 3 aromatic rings. The number of carbonyl (C=O) groups is 1. The minimum atomic E-state index is -0.941. The summed E-state index contributed by atoms with van der Waals surface area (Å²) in [4.78, 5) is 12.4. The van der Waals surface area contributed by atoms with Gasteiger partial charge < -0.3 is 10.6 Å². The number of benzene rings is 2. The second-order valence-corrected chi connectivity index (χ2v) is 7.01. The number of hydrogen-bond acceptors (Lipinski definition) is 3. The molecule has 0 unspecified atom stereocenters. The van der Waals surface area contributed by atoms with Crippen molar-refractivity contribution >= 4 is 34.6 Å². The highest BCUT2D eigenvalue weighted by atomic mass is 19.2. The number of rotatable bonds is 4. The molecule has 1 aliphatic rings. The fourth-order valence-corrected chi connectivity index (χ4v) is 3.39. The van der Waals surface area contributed by atoms with E-state index >= 15 is 0 Å². The highest BCUT2D eigenvalue weighted by molar-refractivity contribution is 5.97. The molecule has 8 heteroatoms. The number of anilines is 1. The molecule has 2 aromatic carbocycles. The topological polar surface area (TPSA) is 69.8 Å². The zero-order valence-corrected chi connectivity index (χ0v) is 15.4. The van der Waals surface area contributed by atoms with E-state index in [2.05, 4.69) is 20.8 Å². The second kappa shape index (κ2) is 8.08. The third-order valence-electron chi connectivity index (χ3n) is 5.03. The minimum Gasteiger partial charge on any atom is -0.323 e. The van der Waals surface area contributed by atoms with Crippen molar-refractivity contribution in [1.82, 2.24) is 15.5 Å². The lowest BCUT2D eigenvalue weighted by Gasteiger charge is -2.21. The summed E-state index contributed by atoms with van der Waals surface area (Å²) >= 11 is 0. The molecule has 1 saturated heterocycles. The molecular formula is C21H19F3N4O. The first kappa shape index (κ1) is 19.2. The van der Waals surface area contributed by atoms with Crippen LogP contribution in [0.15, 0.2) is 30.3 Å². The van der Waals surface area contributed by atoms with Gasteiger partial charge in [-0.2, -0.15) is 5.10 Å². The van der Waals surface area contributed by atoms with Gasteiger partial charge in [0.2, 0.25) is 5.91 Å². The Morgan fingerprint density at radius 3 is 2.59 bits per heavy atom. The van der Waals surface area contributed by atoms with Gasteiger partial charge >= 0.3 is 0 Å². The number of hydrogen-bond donors (Lipinski definition) is 3. The Hall–Kier alpha value is -3.13. The maximum atomic E-state index is 14.4. The Morgan fingerprint density at radius 2 is 1.83 bits per heavy atom. The van der Waals surface area contributed by atoms with Crippen molar-refractivity contribution in [2.75, 3.05) is 18.4 Å². The van der Waals surface area contributed by atoms with Gasteiger partial charge in [0.05, 0.1) is 16.9 Å². The Balaban J connectivity index is 1.59. The van der Waals surface area contributed by atoms with Gasteiger partial charge in [-0.15, -0.1) is 0 Å². The molecule has 5 nitrogen and oxygen atoms in total. The van der Waals surface area contributed by atoms with Crippen LogP contribution in [-0.4, -0.2) is 29.2 Å². The van der Waals surface area contributed by atoms with Gasteiger partial charge in [0.25, 0.3) is 0 Å². The monoisotopic (exact) mass is 400 g/mol. The van der Waals surface area contributed by atoms with Crippen LogP contribution in [0.5, 0.6) is 0 Å². The summed E-state index contributed by atoms with van der Waals surface area (Å²) in [5.41, 5.74) is 1.50. The molecule has 0 atom stereocenters. The van der Waals surface area contributed by atoms with Crippen LogP contribution in [0.4, 0.5) is 18.9 Å². The Morgan fingerprint density at radius 1 is 1.03 bits per heavy atom. The molecule has 0 spiro atoms. The Bertz CT molecular complexity index is 1090. The van der Waals surface area contributed by atoms with E-state index in [1.165, 1.54) is 18.2 Å². The molecule has 0 saturated carbocycles. The number of piperidine rings is 1. The molecule has 0 aliphatic carbocycles. The summed E-state index contributed by atoms with van der Waals surface area (Å²) in [7, 11) is 0. The number of carbonyl (C=O) groups excluding carboxylic acids is 1. The number of aromatic amines is 1. The number of aromatic nitrogens is 2. The van der Waals surface area contributed by atoms with Gasteiger partial charge in [-0.05, 0) is 55.8 Å². The molecule has 1 aromatic heterocycles. The maximum absolute atomic E-state index is 14.4. The van der Waals surface area contributed by atoms with Crippen molar-refractivity contribution in [2.45, 2.75) is 12.8 Å². The smallest absolute Gasteiger partial charge is 0.227 e. The van der Waals surface area contributed by atoms with E-state index in [4.69, 9.17) is 0 Å². The average molecular weight is 400 g/mol. The van der Waals surface area contributed by atoms with Crippen LogP contribution in [-0.2, 0) is 4.79 Å². The van der Waals surface area contributed by atoms with E-state index in [-0.39, 0.29) is 17.5 Å². The van der Waals surface area contributed by atoms with Gasteiger partial charge in [-0.1, -0.05) is 12.1 Å². The lowest BCUT2D eigenvalue weighted by atomic mass is 9.97. The first-order valence-corrected chi connectivity index (χ1v) is 9.33. The molecule has 150 valence electrons. The summed E-state index contributed by atoms with van der Waals surface area (Å²) in [6.45, 7) is 1.53. The zero-order chi connectivity index (χ0) is 20.4. The van der Waals surface area contributed by atoms with Gasteiger partial charge in [0, 0.05) is 17.4 Å². The van der Waals surface area contributed by atoms with Crippen molar-refractivity contribution in [2.24, 2.45) is 5.92 Å². The van der Waals surface area contributed by atoms with E-state index < -0.39 is 17.5 Å². The summed E-state index contributed by atoms with van der Waals surface area (Å²) in [6, 6.07) is 6.36. The fraction of sp³-hybridized carbons (Fsp3) is 0.238. The van der Waals surface area contributed by atoms with Crippen LogP contribution in [0.3, 0.4) is 0 Å². The summed E-state index contributed by atoms with van der Waals surface area (Å²) in [5, 5.41) is 13.3. The van der Waals surface area contributed by atoms with Gasteiger partial charge in [-0.3, -0.25) is 9.89 Å². The molecule has 1 fully saturated rings. The molecule has 29 heavy (non-hydrogen) atoms. The van der Waals surface area contributed by atoms with Gasteiger partial charge in [0.1, 0.15) is 5.82 Å². The van der Waals surface area contributed by atoms with Crippen molar-refractivity contribution in [3.63, 3.8) is 0 Å². The highest BCUT2D eigenvalue weighted by Gasteiger charge is 2.22. The molecule has 3 N–H and O–H groups in total. The molecule has 1 aliphatic heterocycles. The molecule has 4 rings (SSSR count). The lowest BCUT2D eigenvalue weighted by Crippen LogP contribution is -2.34. The molecular weight excluding hydrogens is 381 g/mol. The normalized spacial score (nSPS) is 15.3. The standard InChI is InChI=1S/C21H19F3N4O/c22-15-3-1-12(9-16(15)23)2-4-18-14-10-20(17(24)11-19(14)28-27-18)26-21(29)13-5-7-25-8-6-13/h1-4,9-11,13,25H,5-8H2,(H,26,29)(H,27,28)/b4-2+. The van der Waals surface area contributed by atoms with E-state index in [0.29, 0.717) is 35.0 Å². The third-order valence-corrected chi connectivity index (χ3v) is 5.03. The maximum Gasteiger partial charge on any atom is 0.227 e. The highest BCUT2D eigenvalue weighted by Crippen LogP contribution is 2.26. The van der Waals surface area contributed by atoms with Crippen molar-refractivity contribution in [1.29, 1.82) is 0 Å². The molecule has 0 bridgehead atoms. The van der Waals surface area contributed by atoms with Gasteiger partial charge in [-0.25, -0.2) is 13.2 Å². The van der Waals surface area contributed by atoms with E-state index in [0.717, 1.165) is 25.2 Å². The number of H-pyrrole nitrogens is 1. The Kier molecular flexibility index (Phi) is 5.35. The number of fused-ring (bicyclic) bond motifs is 1. The number of halogens is 3. The van der Waals surface area contributed by atoms with Crippen LogP contribution in [0.1, 0.15) is 24.1 Å². The predicted octanol–water partition coefficient (Wildman–Crippen LogP) is 4.09. The Labute approximate surface area is 165 Å². The quantitative estimate of drug-likeness (QED) is 0.618. The van der Waals surface area contributed by atoms with Crippen molar-refractivity contribution < 1.29 is 18.0 Å². The van der Waals surface area contributed by atoms with Crippen molar-refractivity contribution in [3.05, 3.63) is 59.0 Å². The van der Waals surface area contributed by atoms with Crippen LogP contribution in [0.25, 0.3) is 23.1 Å². The predicted molar refractivity (Wildman–Crippen MR) is 106 cm³/mol. The van der Waals surface area contributed by atoms with Crippen LogP contribution in [0, 0.1) is 23.4 Å². The number of nitrogens with one attached hydrogen (secondary N) is 3. The molecule has 2 heterocycles. The fourth-order valence-electron chi connectivity index (χ4n) is 3.39.